The third-order valence-corrected chi connectivity index (χ3v) is 2.62. The van der Waals surface area contributed by atoms with Crippen molar-refractivity contribution in [1.29, 1.82) is 0 Å². The Morgan fingerprint density at radius 2 is 2.00 bits per heavy atom. The van der Waals surface area contributed by atoms with E-state index in [4.69, 9.17) is 4.74 Å². The first kappa shape index (κ1) is 11.3. The topological polar surface area (TPSA) is 63.7 Å². The van der Waals surface area contributed by atoms with Gasteiger partial charge in [0, 0.05) is 0 Å². The van der Waals surface area contributed by atoms with Crippen LogP contribution in [0.5, 0.6) is 5.75 Å². The van der Waals surface area contributed by atoms with E-state index in [2.05, 4.69) is 0 Å². The van der Waals surface area contributed by atoms with Crippen LogP contribution in [-0.4, -0.2) is 35.1 Å². The summed E-state index contributed by atoms with van der Waals surface area (Å²) < 4.78 is 5.40. The van der Waals surface area contributed by atoms with Crippen LogP contribution < -0.4 is 4.74 Å². The molecular weight excluding hydrogens is 222 g/mol. The van der Waals surface area contributed by atoms with Crippen LogP contribution in [0, 0.1) is 0 Å². The lowest BCUT2D eigenvalue weighted by Gasteiger charge is -2.41. The van der Waals surface area contributed by atoms with Gasteiger partial charge in [-0.05, 0) is 19.1 Å². The van der Waals surface area contributed by atoms with Gasteiger partial charge >= 0.3 is 0 Å². The van der Waals surface area contributed by atoms with Crippen molar-refractivity contribution in [2.24, 2.45) is 0 Å². The molecule has 1 aliphatic heterocycles. The molecule has 1 heterocycles. The lowest BCUT2D eigenvalue weighted by molar-refractivity contribution is -0.170. The number of β-lactam (4-membered cyclic amide) rings is 1. The van der Waals surface area contributed by atoms with Gasteiger partial charge in [-0.3, -0.25) is 19.3 Å². The Labute approximate surface area is 98.0 Å². The van der Waals surface area contributed by atoms with Crippen molar-refractivity contribution < 1.29 is 19.1 Å². The van der Waals surface area contributed by atoms with Crippen LogP contribution >= 0.6 is 0 Å². The lowest BCUT2D eigenvalue weighted by atomic mass is 9.95. The Balaban J connectivity index is 2.14. The maximum atomic E-state index is 11.5. The molecule has 1 fully saturated rings. The maximum absolute atomic E-state index is 11.5. The Bertz CT molecular complexity index is 457. The van der Waals surface area contributed by atoms with Gasteiger partial charge in [-0.2, -0.15) is 0 Å². The Morgan fingerprint density at radius 3 is 2.53 bits per heavy atom. The number of rotatable bonds is 4. The van der Waals surface area contributed by atoms with Crippen molar-refractivity contribution in [3.8, 4) is 5.75 Å². The number of amides is 2. The van der Waals surface area contributed by atoms with Crippen LogP contribution in [-0.2, 0) is 14.4 Å². The molecule has 2 amide bonds. The van der Waals surface area contributed by atoms with E-state index in [1.165, 1.54) is 6.92 Å². The number of carbonyl (C=O) groups excluding carboxylic acids is 3. The van der Waals surface area contributed by atoms with Gasteiger partial charge in [-0.25, -0.2) is 0 Å². The largest absolute Gasteiger partial charge is 0.478 e. The molecule has 0 unspecified atom stereocenters. The smallest absolute Gasteiger partial charge is 0.273 e. The summed E-state index contributed by atoms with van der Waals surface area (Å²) in [5, 5.41) is 0. The highest BCUT2D eigenvalue weighted by Crippen LogP contribution is 2.24. The summed E-state index contributed by atoms with van der Waals surface area (Å²) in [7, 11) is 0. The summed E-state index contributed by atoms with van der Waals surface area (Å²) in [5.74, 6) is -0.246. The molecule has 0 bridgehead atoms. The normalized spacial score (nSPS) is 22.9. The van der Waals surface area contributed by atoms with Crippen LogP contribution in [0.4, 0.5) is 0 Å². The Hall–Kier alpha value is -2.17. The first-order valence-electron chi connectivity index (χ1n) is 5.15. The van der Waals surface area contributed by atoms with E-state index in [9.17, 15) is 14.4 Å². The van der Waals surface area contributed by atoms with E-state index in [1.54, 1.807) is 24.3 Å². The van der Waals surface area contributed by atoms with Crippen molar-refractivity contribution in [2.75, 3.05) is 0 Å². The number of likely N-dealkylation sites (tertiary alicyclic amines) is 1. The predicted molar refractivity (Wildman–Crippen MR) is 58.2 cm³/mol. The molecule has 5 heteroatoms. The maximum Gasteiger partial charge on any atom is 0.273 e. The van der Waals surface area contributed by atoms with Crippen molar-refractivity contribution >= 4 is 18.1 Å². The van der Waals surface area contributed by atoms with Crippen LogP contribution in [0.1, 0.15) is 6.92 Å². The van der Waals surface area contributed by atoms with Crippen molar-refractivity contribution in [1.82, 2.24) is 4.90 Å². The molecule has 5 nitrogen and oxygen atoms in total. The Kier molecular flexibility index (Phi) is 2.91. The first-order valence-corrected chi connectivity index (χ1v) is 5.15. The van der Waals surface area contributed by atoms with Crippen molar-refractivity contribution in [2.45, 2.75) is 19.1 Å². The molecule has 1 saturated heterocycles. The van der Waals surface area contributed by atoms with E-state index in [0.29, 0.717) is 12.2 Å². The minimum Gasteiger partial charge on any atom is -0.478 e. The van der Waals surface area contributed by atoms with E-state index in [1.807, 2.05) is 6.07 Å². The van der Waals surface area contributed by atoms with Crippen molar-refractivity contribution in [3.05, 3.63) is 30.3 Å². The number of imide groups is 1. The van der Waals surface area contributed by atoms with Gasteiger partial charge in [0.1, 0.15) is 11.8 Å². The molecule has 1 aromatic carbocycles. The quantitative estimate of drug-likeness (QED) is 0.557. The molecule has 17 heavy (non-hydrogen) atoms. The molecule has 1 aliphatic rings. The molecule has 0 saturated carbocycles. The molecule has 0 aromatic heterocycles. The van der Waals surface area contributed by atoms with Gasteiger partial charge in [0.2, 0.25) is 12.5 Å². The van der Waals surface area contributed by atoms with Crippen LogP contribution in [0.2, 0.25) is 0 Å². The minimum atomic E-state index is -0.889. The van der Waals surface area contributed by atoms with Crippen LogP contribution in [0.25, 0.3) is 0 Å². The molecule has 88 valence electrons. The summed E-state index contributed by atoms with van der Waals surface area (Å²) in [5.41, 5.74) is 0. The third kappa shape index (κ3) is 1.91. The first-order chi connectivity index (χ1) is 8.15. The predicted octanol–water partition coefficient (Wildman–Crippen LogP) is 0.390. The summed E-state index contributed by atoms with van der Waals surface area (Å²) in [6, 6.07) is 7.91. The summed E-state index contributed by atoms with van der Waals surface area (Å²) in [4.78, 5) is 34.3. The highest BCUT2D eigenvalue weighted by Gasteiger charge is 2.52. The summed E-state index contributed by atoms with van der Waals surface area (Å²) in [6.07, 6.45) is -0.528. The molecule has 0 aliphatic carbocycles. The van der Waals surface area contributed by atoms with E-state index >= 15 is 0 Å². The van der Waals surface area contributed by atoms with Gasteiger partial charge in [0.25, 0.3) is 5.91 Å². The van der Waals surface area contributed by atoms with Gasteiger partial charge in [0.05, 0.1) is 0 Å². The highest BCUT2D eigenvalue weighted by molar-refractivity contribution is 6.06. The second kappa shape index (κ2) is 4.37. The molecule has 0 spiro atoms. The Morgan fingerprint density at radius 1 is 1.35 bits per heavy atom. The summed E-state index contributed by atoms with van der Waals surface area (Å²) in [6.45, 7) is 1.33. The van der Waals surface area contributed by atoms with Gasteiger partial charge in [0.15, 0.2) is 5.78 Å². The number of hydrogen-bond acceptors (Lipinski definition) is 4. The van der Waals surface area contributed by atoms with E-state index in [-0.39, 0.29) is 5.78 Å². The SMILES string of the molecule is CC(=O)[C@@H]1[C@H](Oc2ccccc2)C(=O)N1C=O. The zero-order valence-corrected chi connectivity index (χ0v) is 9.20. The monoisotopic (exact) mass is 233 g/mol. The highest BCUT2D eigenvalue weighted by atomic mass is 16.5. The number of para-hydroxylation sites is 1. The fourth-order valence-electron chi connectivity index (χ4n) is 1.77. The average Bonchev–Trinajstić information content (AvgIpc) is 2.33. The zero-order valence-electron chi connectivity index (χ0n) is 9.20. The number of benzene rings is 1. The van der Waals surface area contributed by atoms with Crippen LogP contribution in [0.15, 0.2) is 30.3 Å². The number of Topliss-reactive ketones (excluding diaryl/α,β-unsaturated/α-hetero) is 1. The molecule has 1 aromatic rings. The minimum absolute atomic E-state index is 0.266. The fraction of sp³-hybridized carbons (Fsp3) is 0.250. The van der Waals surface area contributed by atoms with Gasteiger partial charge in [-0.1, -0.05) is 18.2 Å². The average molecular weight is 233 g/mol. The zero-order chi connectivity index (χ0) is 12.4. The second-order valence-electron chi connectivity index (χ2n) is 3.76. The van der Waals surface area contributed by atoms with Crippen molar-refractivity contribution in [3.63, 3.8) is 0 Å². The number of nitrogens with zero attached hydrogens (tertiary/aromatic N) is 1. The second-order valence-corrected chi connectivity index (χ2v) is 3.76. The van der Waals surface area contributed by atoms with Gasteiger partial charge < -0.3 is 4.74 Å². The van der Waals surface area contributed by atoms with Crippen LogP contribution in [0.3, 0.4) is 0 Å². The molecule has 2 rings (SSSR count). The van der Waals surface area contributed by atoms with E-state index in [0.717, 1.165) is 4.90 Å². The molecule has 2 atom stereocenters. The number of hydrogen-bond donors (Lipinski definition) is 0. The third-order valence-electron chi connectivity index (χ3n) is 2.62. The fourth-order valence-corrected chi connectivity index (χ4v) is 1.77. The number of ketones is 1. The lowest BCUT2D eigenvalue weighted by Crippen LogP contribution is -2.68. The number of ether oxygens (including phenoxy) is 1. The molecule has 0 radical (unpaired) electrons. The summed E-state index contributed by atoms with van der Waals surface area (Å²) >= 11 is 0. The van der Waals surface area contributed by atoms with Gasteiger partial charge in [-0.15, -0.1) is 0 Å². The standard InChI is InChI=1S/C12H11NO4/c1-8(15)10-11(12(16)13(10)7-14)17-9-5-3-2-4-6-9/h2-7,10-11H,1H3/t10-,11+/m1/s1. The molecular formula is C12H11NO4. The molecule has 0 N–H and O–H groups in total. The van der Waals surface area contributed by atoms with E-state index < -0.39 is 18.1 Å². The number of carbonyl (C=O) groups is 3.